The molecule has 11 heteroatoms. The quantitative estimate of drug-likeness (QED) is 0.661. The Morgan fingerprint density at radius 3 is 2.39 bits per heavy atom. The van der Waals surface area contributed by atoms with E-state index in [0.29, 0.717) is 12.8 Å². The van der Waals surface area contributed by atoms with Gasteiger partial charge in [-0.2, -0.15) is 8.78 Å². The fraction of sp³-hybridized carbons (Fsp3) is 0.550. The standard InChI is InChI=1S/C20H25F2N3O5S/c1-12-8-19(2,3)11-20(9-12)16(27)25(18(28)24-20)10-15(26)23-13-4-6-14(7-5-13)31(29,30)17(21)22/h4-7,12,17H,8-11H2,1-3H3,(H,23,26)(H,24,28). The van der Waals surface area contributed by atoms with Crippen molar-refractivity contribution in [2.45, 2.75) is 56.2 Å². The van der Waals surface area contributed by atoms with Crippen LogP contribution in [0.5, 0.6) is 0 Å². The maximum Gasteiger partial charge on any atom is 0.341 e. The van der Waals surface area contributed by atoms with Crippen LogP contribution in [0.25, 0.3) is 0 Å². The van der Waals surface area contributed by atoms with Crippen LogP contribution in [0.3, 0.4) is 0 Å². The molecule has 2 fully saturated rings. The molecule has 4 amide bonds. The molecule has 170 valence electrons. The van der Waals surface area contributed by atoms with Gasteiger partial charge >= 0.3 is 11.8 Å². The van der Waals surface area contributed by atoms with Gasteiger partial charge in [0.1, 0.15) is 12.1 Å². The lowest BCUT2D eigenvalue weighted by atomic mass is 9.64. The molecule has 0 bridgehead atoms. The zero-order chi connectivity index (χ0) is 23.2. The first-order valence-electron chi connectivity index (χ1n) is 9.82. The first-order chi connectivity index (χ1) is 14.3. The van der Waals surface area contributed by atoms with Crippen molar-refractivity contribution in [1.29, 1.82) is 0 Å². The Morgan fingerprint density at radius 2 is 1.84 bits per heavy atom. The largest absolute Gasteiger partial charge is 0.341 e. The third kappa shape index (κ3) is 4.56. The summed E-state index contributed by atoms with van der Waals surface area (Å²) in [5.74, 6) is -4.43. The van der Waals surface area contributed by atoms with Crippen molar-refractivity contribution in [2.75, 3.05) is 11.9 Å². The van der Waals surface area contributed by atoms with Gasteiger partial charge in [0.2, 0.25) is 15.7 Å². The Kier molecular flexibility index (Phi) is 5.85. The molecular formula is C20H25F2N3O5S. The van der Waals surface area contributed by atoms with E-state index >= 15 is 0 Å². The van der Waals surface area contributed by atoms with E-state index in [4.69, 9.17) is 0 Å². The van der Waals surface area contributed by atoms with Gasteiger partial charge in [0.25, 0.3) is 5.91 Å². The molecule has 0 radical (unpaired) electrons. The molecule has 2 atom stereocenters. The van der Waals surface area contributed by atoms with Crippen molar-refractivity contribution in [2.24, 2.45) is 11.3 Å². The first-order valence-corrected chi connectivity index (χ1v) is 11.4. The molecule has 1 aliphatic carbocycles. The fourth-order valence-electron chi connectivity index (χ4n) is 4.82. The van der Waals surface area contributed by atoms with Crippen LogP contribution in [0.15, 0.2) is 29.2 Å². The van der Waals surface area contributed by atoms with Crippen LogP contribution in [-0.2, 0) is 19.4 Å². The summed E-state index contributed by atoms with van der Waals surface area (Å²) in [5, 5.41) is 5.22. The molecule has 1 saturated heterocycles. The highest BCUT2D eigenvalue weighted by molar-refractivity contribution is 7.91. The Labute approximate surface area is 179 Å². The summed E-state index contributed by atoms with van der Waals surface area (Å²) >= 11 is 0. The van der Waals surface area contributed by atoms with Gasteiger partial charge in [-0.15, -0.1) is 0 Å². The summed E-state index contributed by atoms with van der Waals surface area (Å²) in [4.78, 5) is 38.2. The monoisotopic (exact) mass is 457 g/mol. The van der Waals surface area contributed by atoms with Crippen LogP contribution >= 0.6 is 0 Å². The number of imide groups is 1. The number of alkyl halides is 2. The molecule has 2 N–H and O–H groups in total. The number of nitrogens with zero attached hydrogens (tertiary/aromatic N) is 1. The highest BCUT2D eigenvalue weighted by Crippen LogP contribution is 2.46. The minimum atomic E-state index is -4.74. The Morgan fingerprint density at radius 1 is 1.23 bits per heavy atom. The first kappa shape index (κ1) is 23.1. The zero-order valence-electron chi connectivity index (χ0n) is 17.4. The second-order valence-corrected chi connectivity index (χ2v) is 11.1. The van der Waals surface area contributed by atoms with E-state index in [9.17, 15) is 31.6 Å². The number of nitrogens with one attached hydrogen (secondary N) is 2. The van der Waals surface area contributed by atoms with Crippen molar-refractivity contribution in [3.63, 3.8) is 0 Å². The van der Waals surface area contributed by atoms with E-state index < -0.39 is 50.4 Å². The smallest absolute Gasteiger partial charge is 0.325 e. The maximum atomic E-state index is 13.1. The molecule has 1 aromatic rings. The normalized spacial score (nSPS) is 25.7. The van der Waals surface area contributed by atoms with Crippen LogP contribution in [0.1, 0.15) is 40.0 Å². The highest BCUT2D eigenvalue weighted by atomic mass is 32.2. The van der Waals surface area contributed by atoms with Gasteiger partial charge in [0, 0.05) is 5.69 Å². The van der Waals surface area contributed by atoms with Crippen molar-refractivity contribution >= 4 is 33.4 Å². The van der Waals surface area contributed by atoms with Crippen LogP contribution < -0.4 is 10.6 Å². The average molecular weight is 457 g/mol. The summed E-state index contributed by atoms with van der Waals surface area (Å²) in [6, 6.07) is 3.58. The number of benzene rings is 1. The minimum Gasteiger partial charge on any atom is -0.325 e. The number of urea groups is 1. The molecule has 31 heavy (non-hydrogen) atoms. The molecule has 3 rings (SSSR count). The molecule has 1 aliphatic heterocycles. The average Bonchev–Trinajstić information content (AvgIpc) is 2.83. The van der Waals surface area contributed by atoms with Gasteiger partial charge in [-0.1, -0.05) is 20.8 Å². The number of carbonyl (C=O) groups excluding carboxylic acids is 3. The van der Waals surface area contributed by atoms with E-state index in [2.05, 4.69) is 10.6 Å². The predicted octanol–water partition coefficient (Wildman–Crippen LogP) is 2.76. The molecule has 1 saturated carbocycles. The van der Waals surface area contributed by atoms with E-state index in [1.54, 1.807) is 0 Å². The predicted molar refractivity (Wildman–Crippen MR) is 108 cm³/mol. The van der Waals surface area contributed by atoms with Crippen LogP contribution in [0.4, 0.5) is 19.3 Å². The number of sulfone groups is 1. The molecule has 8 nitrogen and oxygen atoms in total. The van der Waals surface area contributed by atoms with Crippen molar-refractivity contribution in [3.05, 3.63) is 24.3 Å². The third-order valence-electron chi connectivity index (χ3n) is 5.63. The molecular weight excluding hydrogens is 432 g/mol. The van der Waals surface area contributed by atoms with Crippen molar-refractivity contribution < 1.29 is 31.6 Å². The number of carbonyl (C=O) groups is 3. The minimum absolute atomic E-state index is 0.140. The van der Waals surface area contributed by atoms with Gasteiger partial charge in [0.05, 0.1) is 4.90 Å². The van der Waals surface area contributed by atoms with E-state index in [1.165, 1.54) is 0 Å². The molecule has 1 heterocycles. The Balaban J connectivity index is 1.68. The van der Waals surface area contributed by atoms with E-state index in [0.717, 1.165) is 35.6 Å². The van der Waals surface area contributed by atoms with Gasteiger partial charge in [-0.3, -0.25) is 14.5 Å². The lowest BCUT2D eigenvalue weighted by Crippen LogP contribution is -2.54. The summed E-state index contributed by atoms with van der Waals surface area (Å²) in [5.41, 5.74) is -1.02. The second-order valence-electron chi connectivity index (χ2n) is 9.14. The van der Waals surface area contributed by atoms with Gasteiger partial charge < -0.3 is 10.6 Å². The molecule has 2 aliphatic rings. The molecule has 1 aromatic carbocycles. The number of anilines is 1. The SMILES string of the molecule is CC1CC(C)(C)CC2(C1)NC(=O)N(CC(=O)Nc1ccc(S(=O)(=O)C(F)F)cc1)C2=O. The third-order valence-corrected chi connectivity index (χ3v) is 7.03. The van der Waals surface area contributed by atoms with Crippen molar-refractivity contribution in [3.8, 4) is 0 Å². The fourth-order valence-corrected chi connectivity index (χ4v) is 5.55. The Bertz CT molecular complexity index is 1010. The van der Waals surface area contributed by atoms with Crippen LogP contribution in [0.2, 0.25) is 0 Å². The van der Waals surface area contributed by atoms with Crippen LogP contribution in [-0.4, -0.2) is 49.0 Å². The van der Waals surface area contributed by atoms with Gasteiger partial charge in [-0.05, 0) is 54.9 Å². The van der Waals surface area contributed by atoms with Crippen molar-refractivity contribution in [1.82, 2.24) is 10.2 Å². The molecule has 2 unspecified atom stereocenters. The number of halogens is 2. The zero-order valence-corrected chi connectivity index (χ0v) is 18.3. The van der Waals surface area contributed by atoms with Gasteiger partial charge in [0.15, 0.2) is 0 Å². The number of rotatable bonds is 5. The summed E-state index contributed by atoms with van der Waals surface area (Å²) in [7, 11) is -4.74. The maximum absolute atomic E-state index is 13.1. The number of hydrogen-bond donors (Lipinski definition) is 2. The van der Waals surface area contributed by atoms with E-state index in [-0.39, 0.29) is 17.0 Å². The summed E-state index contributed by atoms with van der Waals surface area (Å²) in [6.07, 6.45) is 1.90. The Hall–Kier alpha value is -2.56. The van der Waals surface area contributed by atoms with Gasteiger partial charge in [-0.25, -0.2) is 13.2 Å². The van der Waals surface area contributed by atoms with Crippen LogP contribution in [0, 0.1) is 11.3 Å². The highest BCUT2D eigenvalue weighted by Gasteiger charge is 2.56. The molecule has 0 aromatic heterocycles. The second kappa shape index (κ2) is 7.85. The lowest BCUT2D eigenvalue weighted by Gasteiger charge is -2.43. The lowest BCUT2D eigenvalue weighted by molar-refractivity contribution is -0.136. The van der Waals surface area contributed by atoms with E-state index in [1.807, 2.05) is 20.8 Å². The summed E-state index contributed by atoms with van der Waals surface area (Å²) in [6.45, 7) is 5.59. The molecule has 1 spiro atoms. The number of hydrogen-bond acceptors (Lipinski definition) is 5. The number of amides is 4. The summed E-state index contributed by atoms with van der Waals surface area (Å²) < 4.78 is 48.1. The topological polar surface area (TPSA) is 113 Å².